The number of Topliss-reactive ketones (excluding diaryl/α,β-unsaturated/α-hetero) is 1. The van der Waals surface area contributed by atoms with Gasteiger partial charge in [0.05, 0.1) is 13.2 Å². The summed E-state index contributed by atoms with van der Waals surface area (Å²) in [5.74, 6) is -2.74. The SMILES string of the molecule is CNC(=O)C(C#N)C(=O)c1cccc(NC(=O)OC)c1. The molecule has 20 heavy (non-hydrogen) atoms. The third-order valence-electron chi connectivity index (χ3n) is 2.48. The molecule has 1 atom stereocenters. The predicted molar refractivity (Wildman–Crippen MR) is 70.0 cm³/mol. The van der Waals surface area contributed by atoms with E-state index in [0.29, 0.717) is 5.69 Å². The van der Waals surface area contributed by atoms with E-state index in [1.807, 2.05) is 0 Å². The molecular weight excluding hydrogens is 262 g/mol. The number of ether oxygens (including phenoxy) is 1. The van der Waals surface area contributed by atoms with Crippen LogP contribution in [0.2, 0.25) is 0 Å². The van der Waals surface area contributed by atoms with Gasteiger partial charge in [-0.3, -0.25) is 14.9 Å². The molecule has 1 rings (SSSR count). The Morgan fingerprint density at radius 1 is 1.35 bits per heavy atom. The van der Waals surface area contributed by atoms with E-state index in [9.17, 15) is 14.4 Å². The molecule has 2 N–H and O–H groups in total. The predicted octanol–water partition coefficient (Wildman–Crippen LogP) is 0.933. The van der Waals surface area contributed by atoms with Crippen LogP contribution in [0.25, 0.3) is 0 Å². The van der Waals surface area contributed by atoms with Gasteiger partial charge in [-0.25, -0.2) is 4.79 Å². The second-order valence-electron chi connectivity index (χ2n) is 3.74. The summed E-state index contributed by atoms with van der Waals surface area (Å²) in [4.78, 5) is 34.6. The van der Waals surface area contributed by atoms with E-state index < -0.39 is 23.7 Å². The summed E-state index contributed by atoms with van der Waals surface area (Å²) in [5, 5.41) is 13.5. The Morgan fingerprint density at radius 3 is 2.60 bits per heavy atom. The molecule has 0 heterocycles. The molecule has 7 nitrogen and oxygen atoms in total. The van der Waals surface area contributed by atoms with E-state index in [1.165, 1.54) is 32.4 Å². The van der Waals surface area contributed by atoms with E-state index in [4.69, 9.17) is 5.26 Å². The van der Waals surface area contributed by atoms with Crippen molar-refractivity contribution < 1.29 is 19.1 Å². The highest BCUT2D eigenvalue weighted by Crippen LogP contribution is 2.15. The molecule has 0 aliphatic heterocycles. The number of methoxy groups -OCH3 is 1. The quantitative estimate of drug-likeness (QED) is 0.627. The van der Waals surface area contributed by atoms with Gasteiger partial charge >= 0.3 is 6.09 Å². The lowest BCUT2D eigenvalue weighted by atomic mass is 9.98. The molecule has 0 saturated carbocycles. The van der Waals surface area contributed by atoms with E-state index >= 15 is 0 Å². The second-order valence-corrected chi connectivity index (χ2v) is 3.74. The van der Waals surface area contributed by atoms with Crippen LogP contribution >= 0.6 is 0 Å². The number of ketones is 1. The van der Waals surface area contributed by atoms with Crippen LogP contribution in [0.4, 0.5) is 10.5 Å². The Balaban J connectivity index is 2.99. The summed E-state index contributed by atoms with van der Waals surface area (Å²) in [6.07, 6.45) is -0.683. The Bertz CT molecular complexity index is 577. The molecular formula is C13H13N3O4. The van der Waals surface area contributed by atoms with Crippen molar-refractivity contribution in [2.75, 3.05) is 19.5 Å². The monoisotopic (exact) mass is 275 g/mol. The smallest absolute Gasteiger partial charge is 0.411 e. The molecule has 1 aromatic rings. The van der Waals surface area contributed by atoms with Crippen LogP contribution in [0.15, 0.2) is 24.3 Å². The molecule has 1 aromatic carbocycles. The number of hydrogen-bond donors (Lipinski definition) is 2. The molecule has 104 valence electrons. The first-order valence-corrected chi connectivity index (χ1v) is 5.64. The highest BCUT2D eigenvalue weighted by Gasteiger charge is 2.26. The molecule has 0 aromatic heterocycles. The first-order valence-electron chi connectivity index (χ1n) is 5.64. The normalized spacial score (nSPS) is 10.8. The zero-order valence-electron chi connectivity index (χ0n) is 11.0. The number of rotatable bonds is 4. The zero-order valence-corrected chi connectivity index (χ0v) is 11.0. The van der Waals surface area contributed by atoms with Gasteiger partial charge in [0, 0.05) is 18.3 Å². The van der Waals surface area contributed by atoms with Gasteiger partial charge in [-0.2, -0.15) is 5.26 Å². The van der Waals surface area contributed by atoms with Crippen molar-refractivity contribution in [3.05, 3.63) is 29.8 Å². The second kappa shape index (κ2) is 6.89. The average Bonchev–Trinajstić information content (AvgIpc) is 2.47. The number of anilines is 1. The summed E-state index contributed by atoms with van der Waals surface area (Å²) < 4.78 is 4.43. The van der Waals surface area contributed by atoms with Gasteiger partial charge in [0.25, 0.3) is 0 Å². The van der Waals surface area contributed by atoms with Crippen molar-refractivity contribution in [2.24, 2.45) is 5.92 Å². The maximum Gasteiger partial charge on any atom is 0.411 e. The van der Waals surface area contributed by atoms with Crippen LogP contribution in [0, 0.1) is 17.2 Å². The van der Waals surface area contributed by atoms with Crippen molar-refractivity contribution in [1.29, 1.82) is 5.26 Å². The van der Waals surface area contributed by atoms with Gasteiger partial charge in [0.1, 0.15) is 0 Å². The molecule has 2 amide bonds. The van der Waals surface area contributed by atoms with Crippen LogP contribution in [0.5, 0.6) is 0 Å². The average molecular weight is 275 g/mol. The highest BCUT2D eigenvalue weighted by molar-refractivity contribution is 6.12. The summed E-state index contributed by atoms with van der Waals surface area (Å²) >= 11 is 0. The van der Waals surface area contributed by atoms with Crippen LogP contribution in [-0.2, 0) is 9.53 Å². The lowest BCUT2D eigenvalue weighted by molar-refractivity contribution is -0.121. The van der Waals surface area contributed by atoms with Gasteiger partial charge < -0.3 is 10.1 Å². The van der Waals surface area contributed by atoms with Gasteiger partial charge in [0.15, 0.2) is 11.7 Å². The molecule has 0 fully saturated rings. The Morgan fingerprint density at radius 2 is 2.05 bits per heavy atom. The first kappa shape index (κ1) is 15.2. The van der Waals surface area contributed by atoms with Crippen LogP contribution < -0.4 is 10.6 Å². The lowest BCUT2D eigenvalue weighted by Gasteiger charge is -2.08. The van der Waals surface area contributed by atoms with Crippen molar-refractivity contribution in [3.63, 3.8) is 0 Å². The van der Waals surface area contributed by atoms with Gasteiger partial charge in [-0.15, -0.1) is 0 Å². The molecule has 0 aliphatic carbocycles. The molecule has 7 heteroatoms. The number of carbonyl (C=O) groups is 3. The number of carbonyl (C=O) groups excluding carboxylic acids is 3. The molecule has 0 saturated heterocycles. The number of nitrogens with one attached hydrogen (secondary N) is 2. The van der Waals surface area contributed by atoms with Crippen LogP contribution in [0.3, 0.4) is 0 Å². The zero-order chi connectivity index (χ0) is 15.1. The molecule has 0 spiro atoms. The van der Waals surface area contributed by atoms with E-state index in [0.717, 1.165) is 0 Å². The maximum absolute atomic E-state index is 12.1. The summed E-state index contributed by atoms with van der Waals surface area (Å²) in [7, 11) is 2.55. The lowest BCUT2D eigenvalue weighted by Crippen LogP contribution is -2.32. The number of nitriles is 1. The third kappa shape index (κ3) is 3.55. The maximum atomic E-state index is 12.1. The Kier molecular flexibility index (Phi) is 5.23. The number of nitrogens with zero attached hydrogens (tertiary/aromatic N) is 1. The third-order valence-corrected chi connectivity index (χ3v) is 2.48. The minimum Gasteiger partial charge on any atom is -0.453 e. The summed E-state index contributed by atoms with van der Waals surface area (Å²) in [5.41, 5.74) is 0.477. The fourth-order valence-electron chi connectivity index (χ4n) is 1.47. The van der Waals surface area contributed by atoms with Crippen LogP contribution in [0.1, 0.15) is 10.4 Å². The first-order chi connectivity index (χ1) is 9.53. The van der Waals surface area contributed by atoms with Crippen molar-refractivity contribution >= 4 is 23.5 Å². The topological polar surface area (TPSA) is 108 Å². The number of hydrogen-bond acceptors (Lipinski definition) is 5. The molecule has 0 aliphatic rings. The van der Waals surface area contributed by atoms with E-state index in [1.54, 1.807) is 12.1 Å². The van der Waals surface area contributed by atoms with Crippen molar-refractivity contribution in [2.45, 2.75) is 0 Å². The highest BCUT2D eigenvalue weighted by atomic mass is 16.5. The standard InChI is InChI=1S/C13H13N3O4/c1-15-12(18)10(7-14)11(17)8-4-3-5-9(6-8)16-13(19)20-2/h3-6,10H,1-2H3,(H,15,18)(H,16,19). The summed E-state index contributed by atoms with van der Waals surface area (Å²) in [6, 6.07) is 7.55. The number of amides is 2. The molecule has 0 radical (unpaired) electrons. The van der Waals surface area contributed by atoms with Crippen molar-refractivity contribution in [1.82, 2.24) is 5.32 Å². The molecule has 0 bridgehead atoms. The van der Waals surface area contributed by atoms with Crippen molar-refractivity contribution in [3.8, 4) is 6.07 Å². The minimum atomic E-state index is -1.42. The minimum absolute atomic E-state index is 0.147. The largest absolute Gasteiger partial charge is 0.453 e. The Hall–Kier alpha value is -2.88. The molecule has 1 unspecified atom stereocenters. The van der Waals surface area contributed by atoms with Gasteiger partial charge in [-0.1, -0.05) is 12.1 Å². The van der Waals surface area contributed by atoms with Gasteiger partial charge in [-0.05, 0) is 12.1 Å². The number of benzene rings is 1. The van der Waals surface area contributed by atoms with Gasteiger partial charge in [0.2, 0.25) is 5.91 Å². The summed E-state index contributed by atoms with van der Waals surface area (Å²) in [6.45, 7) is 0. The van der Waals surface area contributed by atoms with Crippen LogP contribution in [-0.4, -0.2) is 31.9 Å². The Labute approximate surface area is 115 Å². The van der Waals surface area contributed by atoms with E-state index in [-0.39, 0.29) is 5.56 Å². The van der Waals surface area contributed by atoms with E-state index in [2.05, 4.69) is 15.4 Å². The fraction of sp³-hybridized carbons (Fsp3) is 0.231. The fourth-order valence-corrected chi connectivity index (χ4v) is 1.47.